The molecule has 0 atom stereocenters. The predicted molar refractivity (Wildman–Crippen MR) is 125 cm³/mol. The number of nitrogens with zero attached hydrogens (tertiary/aromatic N) is 3. The van der Waals surface area contributed by atoms with Gasteiger partial charge in [-0.15, -0.1) is 0 Å². The molecular formula is C24H18N4O7. The number of nitrogens with one attached hydrogen (secondary N) is 1. The van der Waals surface area contributed by atoms with E-state index in [-0.39, 0.29) is 0 Å². The first kappa shape index (κ1) is 24.5. The summed E-state index contributed by atoms with van der Waals surface area (Å²) < 4.78 is 0. The number of quaternary nitrogens is 1. The highest BCUT2D eigenvalue weighted by molar-refractivity contribution is 5.64. The number of hydrogen-bond acceptors (Lipinski definition) is 7. The summed E-state index contributed by atoms with van der Waals surface area (Å²) in [6.45, 7) is 0. The molecule has 4 aromatic carbocycles. The van der Waals surface area contributed by atoms with E-state index in [0.29, 0.717) is 12.1 Å². The van der Waals surface area contributed by atoms with E-state index < -0.39 is 37.6 Å². The Morgan fingerprint density at radius 1 is 0.514 bits per heavy atom. The molecule has 0 heterocycles. The minimum absolute atomic E-state index is 0.384. The lowest BCUT2D eigenvalue weighted by Gasteiger charge is -2.18. The number of rotatable bonds is 6. The number of hydrogen-bond donors (Lipinski definition) is 1. The number of nitro benzene ring substituents is 3. The van der Waals surface area contributed by atoms with E-state index in [1.165, 1.54) is 22.0 Å². The van der Waals surface area contributed by atoms with Gasteiger partial charge in [-0.25, -0.2) is 4.90 Å². The fourth-order valence-electron chi connectivity index (χ4n) is 3.28. The highest BCUT2D eigenvalue weighted by Crippen LogP contribution is 2.36. The van der Waals surface area contributed by atoms with Crippen LogP contribution in [0.1, 0.15) is 0 Å². The van der Waals surface area contributed by atoms with Gasteiger partial charge in [0.1, 0.15) is 17.1 Å². The van der Waals surface area contributed by atoms with E-state index in [4.69, 9.17) is 0 Å². The maximum Gasteiger partial charge on any atom is 0.283 e. The quantitative estimate of drug-likeness (QED) is 0.321. The normalized spacial score (nSPS) is 10.2. The molecule has 1 N–H and O–H groups in total. The lowest BCUT2D eigenvalue weighted by atomic mass is 10.2. The fourth-order valence-corrected chi connectivity index (χ4v) is 3.28. The zero-order chi connectivity index (χ0) is 25.4. The Bertz CT molecular complexity index is 1210. The summed E-state index contributed by atoms with van der Waals surface area (Å²) in [5, 5.41) is 42.1. The van der Waals surface area contributed by atoms with E-state index in [1.54, 1.807) is 0 Å². The van der Waals surface area contributed by atoms with Crippen LogP contribution >= 0.6 is 0 Å². The number of benzene rings is 4. The van der Waals surface area contributed by atoms with Gasteiger partial charge < -0.3 is 5.11 Å². The van der Waals surface area contributed by atoms with Crippen molar-refractivity contribution in [3.8, 4) is 5.75 Å². The molecule has 11 heteroatoms. The third-order valence-electron chi connectivity index (χ3n) is 4.83. The van der Waals surface area contributed by atoms with E-state index in [1.807, 2.05) is 0 Å². The monoisotopic (exact) mass is 474 g/mol. The molecule has 0 bridgehead atoms. The Balaban J connectivity index is 0.000000199. The molecule has 0 spiro atoms. The second-order valence-corrected chi connectivity index (χ2v) is 7.06. The van der Waals surface area contributed by atoms with Gasteiger partial charge in [-0.1, -0.05) is 54.6 Å². The van der Waals surface area contributed by atoms with Crippen molar-refractivity contribution in [2.45, 2.75) is 0 Å². The van der Waals surface area contributed by atoms with Crippen LogP contribution in [0.25, 0.3) is 0 Å². The smallest absolute Gasteiger partial charge is 0.283 e. The molecule has 0 aromatic heterocycles. The van der Waals surface area contributed by atoms with Gasteiger partial charge >= 0.3 is 0 Å². The Hall–Kier alpha value is -5.16. The van der Waals surface area contributed by atoms with Crippen LogP contribution < -0.4 is 10.0 Å². The van der Waals surface area contributed by atoms with Crippen LogP contribution in [0.15, 0.2) is 103 Å². The highest BCUT2D eigenvalue weighted by Gasteiger charge is 2.24. The summed E-state index contributed by atoms with van der Waals surface area (Å²) in [5.74, 6) is -1.46. The van der Waals surface area contributed by atoms with Crippen molar-refractivity contribution in [3.05, 3.63) is 133 Å². The van der Waals surface area contributed by atoms with Gasteiger partial charge in [0, 0.05) is 0 Å². The standard InChI is InChI=1S/C18H15N.C6H3N3O7/c1-4-10-16(11-5-1)19(17-12-6-2-7-13-17)18-14-8-3-9-15-18;10-6-4(8(13)14)1-3(7(11)12)2-5(6)9(15)16/h1-15H;1-2,10H. The fraction of sp³-hybridized carbons (Fsp3) is 0. The minimum Gasteiger partial charge on any atom is -0.863 e. The topological polar surface area (TPSA) is 157 Å². The first-order chi connectivity index (χ1) is 16.8. The third-order valence-corrected chi connectivity index (χ3v) is 4.83. The molecule has 0 amide bonds. The first-order valence-corrected chi connectivity index (χ1v) is 10.1. The number of non-ortho nitro benzene ring substituents is 1. The van der Waals surface area contributed by atoms with Crippen molar-refractivity contribution >= 4 is 34.1 Å². The van der Waals surface area contributed by atoms with Crippen molar-refractivity contribution in [1.82, 2.24) is 0 Å². The second kappa shape index (κ2) is 11.1. The first-order valence-electron chi connectivity index (χ1n) is 10.1. The number of para-hydroxylation sites is 3. The molecule has 0 saturated heterocycles. The largest absolute Gasteiger partial charge is 0.863 e. The Kier molecular flexibility index (Phi) is 7.78. The van der Waals surface area contributed by atoms with Crippen molar-refractivity contribution < 1.29 is 24.8 Å². The molecule has 0 radical (unpaired) electrons. The Morgan fingerprint density at radius 3 is 1.09 bits per heavy atom. The zero-order valence-electron chi connectivity index (χ0n) is 18.0. The molecule has 0 unspecified atom stereocenters. The minimum atomic E-state index is -1.46. The van der Waals surface area contributed by atoms with Crippen molar-refractivity contribution in [2.75, 3.05) is 0 Å². The lowest BCUT2D eigenvalue weighted by Crippen LogP contribution is -2.96. The number of nitro groups is 3. The lowest BCUT2D eigenvalue weighted by molar-refractivity contribution is -0.681. The molecule has 0 saturated carbocycles. The van der Waals surface area contributed by atoms with Crippen LogP contribution in [0.3, 0.4) is 0 Å². The Labute approximate surface area is 198 Å². The second-order valence-electron chi connectivity index (χ2n) is 7.06. The van der Waals surface area contributed by atoms with Gasteiger partial charge in [0.15, 0.2) is 0 Å². The van der Waals surface area contributed by atoms with Gasteiger partial charge in [-0.3, -0.25) is 30.3 Å². The van der Waals surface area contributed by atoms with Crippen LogP contribution in [-0.4, -0.2) is 14.8 Å². The molecule has 176 valence electrons. The van der Waals surface area contributed by atoms with Gasteiger partial charge in [0.2, 0.25) is 0 Å². The van der Waals surface area contributed by atoms with E-state index in [0.717, 1.165) is 0 Å². The van der Waals surface area contributed by atoms with Crippen LogP contribution in [0.4, 0.5) is 34.1 Å². The molecule has 35 heavy (non-hydrogen) atoms. The molecule has 11 nitrogen and oxygen atoms in total. The van der Waals surface area contributed by atoms with E-state index >= 15 is 0 Å². The molecule has 4 rings (SSSR count). The van der Waals surface area contributed by atoms with Gasteiger partial charge in [0.05, 0.1) is 32.7 Å². The highest BCUT2D eigenvalue weighted by atomic mass is 16.6. The Morgan fingerprint density at radius 2 is 0.829 bits per heavy atom. The van der Waals surface area contributed by atoms with Gasteiger partial charge in [-0.2, -0.15) is 0 Å². The molecule has 0 aliphatic carbocycles. The van der Waals surface area contributed by atoms with Crippen molar-refractivity contribution in [3.63, 3.8) is 0 Å². The molecule has 0 aliphatic heterocycles. The van der Waals surface area contributed by atoms with Gasteiger partial charge in [0.25, 0.3) is 17.1 Å². The average molecular weight is 474 g/mol. The summed E-state index contributed by atoms with van der Waals surface area (Å²) in [7, 11) is 0. The van der Waals surface area contributed by atoms with Crippen LogP contribution in [0.5, 0.6) is 5.75 Å². The molecule has 0 aliphatic rings. The molecular weight excluding hydrogens is 456 g/mol. The predicted octanol–water partition coefficient (Wildman–Crippen LogP) is 4.35. The zero-order valence-corrected chi connectivity index (χ0v) is 18.0. The van der Waals surface area contributed by atoms with E-state index in [2.05, 4.69) is 91.0 Å². The summed E-state index contributed by atoms with van der Waals surface area (Å²) in [6, 6.07) is 32.4. The summed E-state index contributed by atoms with van der Waals surface area (Å²) >= 11 is 0. The maximum absolute atomic E-state index is 11.1. The van der Waals surface area contributed by atoms with Crippen LogP contribution in [0, 0.1) is 30.3 Å². The summed E-state index contributed by atoms with van der Waals surface area (Å²) in [4.78, 5) is 28.8. The van der Waals surface area contributed by atoms with Crippen molar-refractivity contribution in [2.24, 2.45) is 0 Å². The maximum atomic E-state index is 11.1. The summed E-state index contributed by atoms with van der Waals surface area (Å²) in [6.07, 6.45) is 0. The van der Waals surface area contributed by atoms with E-state index in [9.17, 15) is 35.4 Å². The van der Waals surface area contributed by atoms with Crippen molar-refractivity contribution in [1.29, 1.82) is 0 Å². The molecule has 4 aromatic rings. The average Bonchev–Trinajstić information content (AvgIpc) is 2.86. The third kappa shape index (κ3) is 6.00. The summed E-state index contributed by atoms with van der Waals surface area (Å²) in [5.41, 5.74) is 0.486. The van der Waals surface area contributed by atoms with Gasteiger partial charge in [-0.05, 0) is 36.4 Å². The van der Waals surface area contributed by atoms with Crippen LogP contribution in [0.2, 0.25) is 0 Å². The van der Waals surface area contributed by atoms with Crippen LogP contribution in [-0.2, 0) is 0 Å². The SMILES string of the molecule is O=[N+]([O-])c1cc([N+](=O)[O-])c([O-])c([N+](=O)[O-])c1.c1ccc([NH+](c2ccccc2)c2ccccc2)cc1. The molecule has 0 fully saturated rings.